The number of hydrogen-bond acceptors (Lipinski definition) is 1. The van der Waals surface area contributed by atoms with Gasteiger partial charge in [0.15, 0.2) is 0 Å². The molecule has 1 aromatic rings. The molecular formula is C13H17N. The number of aryl methyl sites for hydroxylation is 1. The highest BCUT2D eigenvalue weighted by atomic mass is 14.5. The molecule has 0 bridgehead atoms. The van der Waals surface area contributed by atoms with Gasteiger partial charge in [0.25, 0.3) is 0 Å². The minimum absolute atomic E-state index is 0.864. The first-order chi connectivity index (χ1) is 6.77. The number of rotatable bonds is 1. The summed E-state index contributed by atoms with van der Waals surface area (Å²) in [6.07, 6.45) is 7.51. The number of hydrogen-bond donors (Lipinski definition) is 1. The molecule has 0 amide bonds. The van der Waals surface area contributed by atoms with Crippen LogP contribution in [0.5, 0.6) is 0 Å². The van der Waals surface area contributed by atoms with Gasteiger partial charge in [0.1, 0.15) is 0 Å². The summed E-state index contributed by atoms with van der Waals surface area (Å²) in [5, 5.41) is 0. The number of nitrogen functional groups attached to an aromatic ring is 1. The predicted molar refractivity (Wildman–Crippen MR) is 62.0 cm³/mol. The van der Waals surface area contributed by atoms with Gasteiger partial charge in [-0.3, -0.25) is 0 Å². The van der Waals surface area contributed by atoms with Crippen molar-refractivity contribution in [2.75, 3.05) is 5.73 Å². The fraction of sp³-hybridized carbons (Fsp3) is 0.385. The molecule has 0 heterocycles. The van der Waals surface area contributed by atoms with Crippen molar-refractivity contribution in [1.82, 2.24) is 0 Å². The van der Waals surface area contributed by atoms with E-state index in [4.69, 9.17) is 5.73 Å². The smallest absolute Gasteiger partial charge is 0.0317 e. The van der Waals surface area contributed by atoms with E-state index in [0.29, 0.717) is 0 Å². The Morgan fingerprint density at radius 1 is 1.21 bits per heavy atom. The van der Waals surface area contributed by atoms with Crippen LogP contribution in [-0.2, 0) is 0 Å². The van der Waals surface area contributed by atoms with Crippen LogP contribution in [0.2, 0.25) is 0 Å². The van der Waals surface area contributed by atoms with E-state index in [-0.39, 0.29) is 0 Å². The van der Waals surface area contributed by atoms with Gasteiger partial charge in [0, 0.05) is 5.69 Å². The molecule has 0 fully saturated rings. The molecule has 1 heteroatoms. The number of benzene rings is 1. The second-order valence-corrected chi connectivity index (χ2v) is 4.05. The molecule has 0 saturated carbocycles. The van der Waals surface area contributed by atoms with Crippen LogP contribution in [-0.4, -0.2) is 0 Å². The first kappa shape index (κ1) is 9.32. The van der Waals surface area contributed by atoms with Gasteiger partial charge in [0.2, 0.25) is 0 Å². The van der Waals surface area contributed by atoms with Crippen LogP contribution in [0.25, 0.3) is 5.57 Å². The van der Waals surface area contributed by atoms with Gasteiger partial charge in [-0.05, 0) is 61.4 Å². The Morgan fingerprint density at radius 3 is 2.71 bits per heavy atom. The van der Waals surface area contributed by atoms with E-state index in [0.717, 1.165) is 5.69 Å². The monoisotopic (exact) mass is 187 g/mol. The van der Waals surface area contributed by atoms with Crippen LogP contribution in [0.15, 0.2) is 24.3 Å². The van der Waals surface area contributed by atoms with Gasteiger partial charge < -0.3 is 5.73 Å². The highest BCUT2D eigenvalue weighted by molar-refractivity contribution is 5.70. The van der Waals surface area contributed by atoms with Crippen molar-refractivity contribution in [3.8, 4) is 0 Å². The molecule has 0 radical (unpaired) electrons. The van der Waals surface area contributed by atoms with E-state index in [9.17, 15) is 0 Å². The quantitative estimate of drug-likeness (QED) is 0.669. The molecular weight excluding hydrogens is 170 g/mol. The Bertz CT molecular complexity index is 363. The molecule has 0 aromatic heterocycles. The summed E-state index contributed by atoms with van der Waals surface area (Å²) in [5.41, 5.74) is 10.8. The topological polar surface area (TPSA) is 26.0 Å². The maximum Gasteiger partial charge on any atom is 0.0317 e. The second-order valence-electron chi connectivity index (χ2n) is 4.05. The summed E-state index contributed by atoms with van der Waals surface area (Å²) in [7, 11) is 0. The number of allylic oxidation sites excluding steroid dienone is 2. The molecule has 0 atom stereocenters. The largest absolute Gasteiger partial charge is 0.399 e. The van der Waals surface area contributed by atoms with Crippen LogP contribution in [0.3, 0.4) is 0 Å². The maximum absolute atomic E-state index is 5.74. The fourth-order valence-corrected chi connectivity index (χ4v) is 2.13. The number of anilines is 1. The molecule has 1 aliphatic carbocycles. The zero-order valence-electron chi connectivity index (χ0n) is 8.72. The standard InChI is InChI=1S/C13H17N/c1-10-9-12(14)7-8-13(10)11-5-3-2-4-6-11/h5,7-9H,2-4,6,14H2,1H3. The highest BCUT2D eigenvalue weighted by Gasteiger charge is 2.08. The zero-order valence-corrected chi connectivity index (χ0v) is 8.72. The number of nitrogens with two attached hydrogens (primary N) is 1. The van der Waals surface area contributed by atoms with Crippen molar-refractivity contribution < 1.29 is 0 Å². The SMILES string of the molecule is Cc1cc(N)ccc1C1=CCCCC1. The van der Waals surface area contributed by atoms with Crippen LogP contribution in [0.1, 0.15) is 36.8 Å². The van der Waals surface area contributed by atoms with E-state index in [1.54, 1.807) is 0 Å². The third-order valence-corrected chi connectivity index (χ3v) is 2.89. The first-order valence-corrected chi connectivity index (χ1v) is 5.33. The van der Waals surface area contributed by atoms with Crippen LogP contribution >= 0.6 is 0 Å². The molecule has 1 aliphatic rings. The van der Waals surface area contributed by atoms with Crippen LogP contribution in [0, 0.1) is 6.92 Å². The molecule has 0 spiro atoms. The van der Waals surface area contributed by atoms with E-state index in [1.165, 1.54) is 42.4 Å². The lowest BCUT2D eigenvalue weighted by molar-refractivity contribution is 0.741. The lowest BCUT2D eigenvalue weighted by Gasteiger charge is -2.15. The van der Waals surface area contributed by atoms with Gasteiger partial charge in [-0.15, -0.1) is 0 Å². The lowest BCUT2D eigenvalue weighted by atomic mass is 9.91. The summed E-state index contributed by atoms with van der Waals surface area (Å²) in [5.74, 6) is 0. The normalized spacial score (nSPS) is 16.5. The Balaban J connectivity index is 2.35. The van der Waals surface area contributed by atoms with Gasteiger partial charge in [0.05, 0.1) is 0 Å². The molecule has 1 aromatic carbocycles. The summed E-state index contributed by atoms with van der Waals surface area (Å²) in [6, 6.07) is 6.21. The van der Waals surface area contributed by atoms with Crippen molar-refractivity contribution in [3.63, 3.8) is 0 Å². The van der Waals surface area contributed by atoms with Crippen molar-refractivity contribution in [1.29, 1.82) is 0 Å². The predicted octanol–water partition coefficient (Wildman–Crippen LogP) is 3.53. The van der Waals surface area contributed by atoms with Gasteiger partial charge in [-0.25, -0.2) is 0 Å². The van der Waals surface area contributed by atoms with Crippen molar-refractivity contribution in [2.24, 2.45) is 0 Å². The van der Waals surface area contributed by atoms with E-state index < -0.39 is 0 Å². The van der Waals surface area contributed by atoms with Crippen LogP contribution in [0.4, 0.5) is 5.69 Å². The van der Waals surface area contributed by atoms with E-state index in [2.05, 4.69) is 25.1 Å². The van der Waals surface area contributed by atoms with Gasteiger partial charge in [-0.2, -0.15) is 0 Å². The molecule has 0 saturated heterocycles. The van der Waals surface area contributed by atoms with Gasteiger partial charge >= 0.3 is 0 Å². The molecule has 2 rings (SSSR count). The fourth-order valence-electron chi connectivity index (χ4n) is 2.13. The summed E-state index contributed by atoms with van der Waals surface area (Å²) in [6.45, 7) is 2.14. The molecule has 2 N–H and O–H groups in total. The highest BCUT2D eigenvalue weighted by Crippen LogP contribution is 2.29. The Labute approximate surface area is 85.6 Å². The summed E-state index contributed by atoms with van der Waals surface area (Å²) >= 11 is 0. The van der Waals surface area contributed by atoms with Gasteiger partial charge in [-0.1, -0.05) is 12.1 Å². The van der Waals surface area contributed by atoms with Crippen LogP contribution < -0.4 is 5.73 Å². The Hall–Kier alpha value is -1.24. The van der Waals surface area contributed by atoms with E-state index >= 15 is 0 Å². The third-order valence-electron chi connectivity index (χ3n) is 2.89. The summed E-state index contributed by atoms with van der Waals surface area (Å²) in [4.78, 5) is 0. The second kappa shape index (κ2) is 3.87. The molecule has 74 valence electrons. The molecule has 1 nitrogen and oxygen atoms in total. The Kier molecular flexibility index (Phi) is 2.58. The molecule has 0 unspecified atom stereocenters. The lowest BCUT2D eigenvalue weighted by Crippen LogP contribution is -1.95. The third kappa shape index (κ3) is 1.82. The van der Waals surface area contributed by atoms with Crippen molar-refractivity contribution in [2.45, 2.75) is 32.6 Å². The minimum atomic E-state index is 0.864. The zero-order chi connectivity index (χ0) is 9.97. The molecule has 0 aliphatic heterocycles. The maximum atomic E-state index is 5.74. The summed E-state index contributed by atoms with van der Waals surface area (Å²) < 4.78 is 0. The minimum Gasteiger partial charge on any atom is -0.399 e. The average Bonchev–Trinajstić information content (AvgIpc) is 2.19. The Morgan fingerprint density at radius 2 is 2.07 bits per heavy atom. The van der Waals surface area contributed by atoms with Crippen molar-refractivity contribution >= 4 is 11.3 Å². The van der Waals surface area contributed by atoms with E-state index in [1.807, 2.05) is 6.07 Å². The average molecular weight is 187 g/mol. The van der Waals surface area contributed by atoms with Crippen molar-refractivity contribution in [3.05, 3.63) is 35.4 Å². The first-order valence-electron chi connectivity index (χ1n) is 5.33. The molecule has 14 heavy (non-hydrogen) atoms.